The molecule has 15 heavy (non-hydrogen) atoms. The molecule has 0 aliphatic heterocycles. The second-order valence-corrected chi connectivity index (χ2v) is 5.45. The number of alkyl halides is 1. The van der Waals surface area contributed by atoms with Crippen LogP contribution in [0.3, 0.4) is 0 Å². The standard InChI is InChI=1S/C11H19IO3/c1-3-5-15-10-7-8(6-9(10)12)11(13)14-4-2/h8-10H,3-7H2,1-2H3. The summed E-state index contributed by atoms with van der Waals surface area (Å²) in [5.41, 5.74) is 0. The van der Waals surface area contributed by atoms with Crippen molar-refractivity contribution in [3.63, 3.8) is 0 Å². The first-order valence-electron chi connectivity index (χ1n) is 5.61. The van der Waals surface area contributed by atoms with Crippen LogP contribution in [0.1, 0.15) is 33.1 Å². The summed E-state index contributed by atoms with van der Waals surface area (Å²) >= 11 is 2.38. The maximum Gasteiger partial charge on any atom is 0.309 e. The Hall–Kier alpha value is 0.160. The zero-order valence-corrected chi connectivity index (χ0v) is 11.5. The average molecular weight is 326 g/mol. The van der Waals surface area contributed by atoms with Gasteiger partial charge in [-0.05, 0) is 26.2 Å². The Morgan fingerprint density at radius 1 is 1.40 bits per heavy atom. The molecule has 0 aromatic rings. The van der Waals surface area contributed by atoms with Crippen LogP contribution in [-0.2, 0) is 14.3 Å². The first kappa shape index (κ1) is 13.2. The molecular weight excluding hydrogens is 307 g/mol. The van der Waals surface area contributed by atoms with Gasteiger partial charge < -0.3 is 9.47 Å². The van der Waals surface area contributed by atoms with Crippen LogP contribution >= 0.6 is 22.6 Å². The number of carbonyl (C=O) groups is 1. The van der Waals surface area contributed by atoms with Crippen molar-refractivity contribution in [1.82, 2.24) is 0 Å². The molecule has 1 fully saturated rings. The molecule has 0 aromatic carbocycles. The fraction of sp³-hybridized carbons (Fsp3) is 0.909. The lowest BCUT2D eigenvalue weighted by atomic mass is 10.1. The second-order valence-electron chi connectivity index (χ2n) is 3.85. The molecule has 0 heterocycles. The van der Waals surface area contributed by atoms with Gasteiger partial charge in [-0.3, -0.25) is 4.79 Å². The lowest BCUT2D eigenvalue weighted by molar-refractivity contribution is -0.148. The number of hydrogen-bond acceptors (Lipinski definition) is 3. The maximum atomic E-state index is 11.5. The van der Waals surface area contributed by atoms with Gasteiger partial charge in [-0.15, -0.1) is 0 Å². The predicted molar refractivity (Wildman–Crippen MR) is 67.2 cm³/mol. The summed E-state index contributed by atoms with van der Waals surface area (Å²) in [5.74, 6) is -0.00419. The molecule has 3 unspecified atom stereocenters. The van der Waals surface area contributed by atoms with Crippen LogP contribution in [0.4, 0.5) is 0 Å². The molecule has 0 spiro atoms. The Labute approximate surface area is 105 Å². The van der Waals surface area contributed by atoms with E-state index in [1.54, 1.807) is 0 Å². The zero-order valence-electron chi connectivity index (χ0n) is 9.37. The second kappa shape index (κ2) is 6.68. The van der Waals surface area contributed by atoms with Gasteiger partial charge in [0.2, 0.25) is 0 Å². The van der Waals surface area contributed by atoms with E-state index < -0.39 is 0 Å². The number of esters is 1. The molecule has 1 aliphatic carbocycles. The van der Waals surface area contributed by atoms with Crippen molar-refractivity contribution < 1.29 is 14.3 Å². The van der Waals surface area contributed by atoms with E-state index in [9.17, 15) is 4.79 Å². The summed E-state index contributed by atoms with van der Waals surface area (Å²) in [5, 5.41) is 0. The van der Waals surface area contributed by atoms with Crippen LogP contribution in [0.2, 0.25) is 0 Å². The van der Waals surface area contributed by atoms with Gasteiger partial charge in [-0.1, -0.05) is 29.5 Å². The van der Waals surface area contributed by atoms with Crippen molar-refractivity contribution in [2.75, 3.05) is 13.2 Å². The SMILES string of the molecule is CCCOC1CC(C(=O)OCC)CC1I. The smallest absolute Gasteiger partial charge is 0.309 e. The number of ether oxygens (including phenoxy) is 2. The van der Waals surface area contributed by atoms with E-state index in [0.29, 0.717) is 10.5 Å². The topological polar surface area (TPSA) is 35.5 Å². The molecule has 1 rings (SSSR count). The number of halogens is 1. The number of carbonyl (C=O) groups excluding carboxylic acids is 1. The van der Waals surface area contributed by atoms with Crippen LogP contribution in [0.25, 0.3) is 0 Å². The van der Waals surface area contributed by atoms with Crippen LogP contribution in [0, 0.1) is 5.92 Å². The van der Waals surface area contributed by atoms with E-state index in [2.05, 4.69) is 29.5 Å². The summed E-state index contributed by atoms with van der Waals surface area (Å²) in [6.07, 6.45) is 2.99. The largest absolute Gasteiger partial charge is 0.466 e. The van der Waals surface area contributed by atoms with E-state index in [0.717, 1.165) is 25.9 Å². The quantitative estimate of drug-likeness (QED) is 0.442. The summed E-state index contributed by atoms with van der Waals surface area (Å²) in [6, 6.07) is 0. The fourth-order valence-electron chi connectivity index (χ4n) is 1.84. The highest BCUT2D eigenvalue weighted by atomic mass is 127. The molecule has 3 atom stereocenters. The first-order chi connectivity index (χ1) is 7.19. The lowest BCUT2D eigenvalue weighted by Gasteiger charge is -2.14. The van der Waals surface area contributed by atoms with Crippen molar-refractivity contribution in [1.29, 1.82) is 0 Å². The molecule has 0 radical (unpaired) electrons. The Balaban J connectivity index is 2.37. The average Bonchev–Trinajstić information content (AvgIpc) is 2.57. The van der Waals surface area contributed by atoms with Crippen molar-refractivity contribution in [3.05, 3.63) is 0 Å². The summed E-state index contributed by atoms with van der Waals surface area (Å²) in [4.78, 5) is 11.5. The summed E-state index contributed by atoms with van der Waals surface area (Å²) in [7, 11) is 0. The van der Waals surface area contributed by atoms with Gasteiger partial charge >= 0.3 is 5.97 Å². The normalized spacial score (nSPS) is 30.5. The third-order valence-corrected chi connectivity index (χ3v) is 3.90. The third kappa shape index (κ3) is 3.90. The van der Waals surface area contributed by atoms with Crippen LogP contribution in [-0.4, -0.2) is 29.2 Å². The van der Waals surface area contributed by atoms with E-state index >= 15 is 0 Å². The Kier molecular flexibility index (Phi) is 5.89. The van der Waals surface area contributed by atoms with Crippen LogP contribution in [0.15, 0.2) is 0 Å². The molecule has 0 aromatic heterocycles. The predicted octanol–water partition coefficient (Wildman–Crippen LogP) is 2.56. The van der Waals surface area contributed by atoms with Crippen LogP contribution < -0.4 is 0 Å². The Morgan fingerprint density at radius 3 is 2.73 bits per heavy atom. The van der Waals surface area contributed by atoms with Crippen molar-refractivity contribution in [2.45, 2.75) is 43.1 Å². The molecule has 1 aliphatic rings. The van der Waals surface area contributed by atoms with Gasteiger partial charge in [-0.2, -0.15) is 0 Å². The molecule has 0 N–H and O–H groups in total. The summed E-state index contributed by atoms with van der Waals surface area (Å²) < 4.78 is 11.2. The van der Waals surface area contributed by atoms with Gasteiger partial charge in [0.15, 0.2) is 0 Å². The molecule has 0 saturated heterocycles. The highest BCUT2D eigenvalue weighted by molar-refractivity contribution is 14.1. The van der Waals surface area contributed by atoms with Gasteiger partial charge in [0.1, 0.15) is 0 Å². The van der Waals surface area contributed by atoms with Crippen molar-refractivity contribution >= 4 is 28.6 Å². The first-order valence-corrected chi connectivity index (χ1v) is 6.85. The monoisotopic (exact) mass is 326 g/mol. The van der Waals surface area contributed by atoms with Crippen molar-refractivity contribution in [2.24, 2.45) is 5.92 Å². The Bertz CT molecular complexity index is 208. The van der Waals surface area contributed by atoms with E-state index in [-0.39, 0.29) is 18.0 Å². The van der Waals surface area contributed by atoms with E-state index in [1.165, 1.54) is 0 Å². The molecule has 88 valence electrons. The number of hydrogen-bond donors (Lipinski definition) is 0. The fourth-order valence-corrected chi connectivity index (χ4v) is 2.96. The van der Waals surface area contributed by atoms with Gasteiger partial charge in [0, 0.05) is 10.5 Å². The minimum atomic E-state index is -0.0539. The minimum Gasteiger partial charge on any atom is -0.466 e. The van der Waals surface area contributed by atoms with Gasteiger partial charge in [0.25, 0.3) is 0 Å². The van der Waals surface area contributed by atoms with Gasteiger partial charge in [0.05, 0.1) is 18.6 Å². The Morgan fingerprint density at radius 2 is 2.13 bits per heavy atom. The zero-order chi connectivity index (χ0) is 11.3. The molecule has 1 saturated carbocycles. The molecular formula is C11H19IO3. The summed E-state index contributed by atoms with van der Waals surface area (Å²) in [6.45, 7) is 5.21. The minimum absolute atomic E-state index is 0.0497. The van der Waals surface area contributed by atoms with Crippen LogP contribution in [0.5, 0.6) is 0 Å². The molecule has 4 heteroatoms. The lowest BCUT2D eigenvalue weighted by Crippen LogP contribution is -2.19. The highest BCUT2D eigenvalue weighted by Gasteiger charge is 2.37. The highest BCUT2D eigenvalue weighted by Crippen LogP contribution is 2.34. The van der Waals surface area contributed by atoms with E-state index in [1.807, 2.05) is 6.92 Å². The third-order valence-electron chi connectivity index (χ3n) is 2.59. The maximum absolute atomic E-state index is 11.5. The van der Waals surface area contributed by atoms with Gasteiger partial charge in [-0.25, -0.2) is 0 Å². The van der Waals surface area contributed by atoms with Crippen molar-refractivity contribution in [3.8, 4) is 0 Å². The van der Waals surface area contributed by atoms with E-state index in [4.69, 9.17) is 9.47 Å². The molecule has 3 nitrogen and oxygen atoms in total. The molecule has 0 amide bonds. The number of rotatable bonds is 5. The molecule has 0 bridgehead atoms.